The molecular formula is C26H29N3O2. The summed E-state index contributed by atoms with van der Waals surface area (Å²) in [7, 11) is 0. The van der Waals surface area contributed by atoms with Gasteiger partial charge in [0.05, 0.1) is 0 Å². The van der Waals surface area contributed by atoms with Crippen LogP contribution in [0.1, 0.15) is 42.6 Å². The van der Waals surface area contributed by atoms with E-state index in [4.69, 9.17) is 0 Å². The molecule has 31 heavy (non-hydrogen) atoms. The van der Waals surface area contributed by atoms with E-state index in [1.165, 1.54) is 5.39 Å². The molecule has 5 heteroatoms. The molecule has 3 aromatic rings. The van der Waals surface area contributed by atoms with Gasteiger partial charge in [-0.15, -0.1) is 0 Å². The molecule has 1 aromatic heterocycles. The van der Waals surface area contributed by atoms with E-state index in [1.807, 2.05) is 28.1 Å². The molecule has 2 heterocycles. The van der Waals surface area contributed by atoms with E-state index >= 15 is 0 Å². The topological polar surface area (TPSA) is 56.4 Å². The molecule has 0 radical (unpaired) electrons. The molecule has 1 N–H and O–H groups in total. The number of aromatic nitrogens is 1. The van der Waals surface area contributed by atoms with Crippen LogP contribution < -0.4 is 0 Å². The summed E-state index contributed by atoms with van der Waals surface area (Å²) in [6.45, 7) is 6.63. The molecule has 1 aliphatic heterocycles. The number of hydrogen-bond acceptors (Lipinski definition) is 2. The number of carbonyl (C=O) groups is 2. The van der Waals surface area contributed by atoms with Crippen LogP contribution in [-0.2, 0) is 11.2 Å². The highest BCUT2D eigenvalue weighted by molar-refractivity contribution is 5.97. The van der Waals surface area contributed by atoms with Crippen LogP contribution in [-0.4, -0.2) is 52.8 Å². The summed E-state index contributed by atoms with van der Waals surface area (Å²) >= 11 is 0. The van der Waals surface area contributed by atoms with E-state index in [0.717, 1.165) is 47.0 Å². The molecule has 5 nitrogen and oxygen atoms in total. The summed E-state index contributed by atoms with van der Waals surface area (Å²) in [6, 6.07) is 14.6. The Hall–Kier alpha value is -3.08. The molecule has 160 valence electrons. The fourth-order valence-corrected chi connectivity index (χ4v) is 4.57. The number of piperazine rings is 1. The highest BCUT2D eigenvalue weighted by Crippen LogP contribution is 2.46. The lowest BCUT2D eigenvalue weighted by Gasteiger charge is -2.36. The minimum atomic E-state index is -0.138. The Morgan fingerprint density at radius 3 is 2.32 bits per heavy atom. The van der Waals surface area contributed by atoms with Gasteiger partial charge in [0.15, 0.2) is 0 Å². The number of aryl methyl sites for hydroxylation is 1. The molecule has 2 amide bonds. The minimum Gasteiger partial charge on any atom is -0.361 e. The Kier molecular flexibility index (Phi) is 4.84. The van der Waals surface area contributed by atoms with Crippen LogP contribution in [0.4, 0.5) is 0 Å². The number of rotatable bonds is 4. The molecule has 0 spiro atoms. The van der Waals surface area contributed by atoms with Crippen LogP contribution in [0.2, 0.25) is 0 Å². The summed E-state index contributed by atoms with van der Waals surface area (Å²) in [5.74, 6) is 0.338. The largest absolute Gasteiger partial charge is 0.361 e. The standard InChI is InChI=1S/C26H29N3O2/c1-3-18-16-20(21-5-4-19-8-11-27-23(19)17-21)6-7-22(18)24(30)28-12-14-29(15-13-28)25(31)26(2)9-10-26/h4-8,11,16-17,27H,3,9-10,12-15H2,1-2H3. The number of amides is 2. The van der Waals surface area contributed by atoms with Gasteiger partial charge >= 0.3 is 0 Å². The first-order valence-electron chi connectivity index (χ1n) is 11.3. The first-order chi connectivity index (χ1) is 15.0. The SMILES string of the molecule is CCc1cc(-c2ccc3cc[nH]c3c2)ccc1C(=O)N1CCN(C(=O)C2(C)CC2)CC1. The molecule has 0 unspecified atom stereocenters. The van der Waals surface area contributed by atoms with Crippen LogP contribution >= 0.6 is 0 Å². The van der Waals surface area contributed by atoms with Crippen molar-refractivity contribution in [1.82, 2.24) is 14.8 Å². The molecule has 1 saturated carbocycles. The fourth-order valence-electron chi connectivity index (χ4n) is 4.57. The van der Waals surface area contributed by atoms with Crippen molar-refractivity contribution < 1.29 is 9.59 Å². The molecule has 0 bridgehead atoms. The normalized spacial score (nSPS) is 17.7. The number of nitrogens with one attached hydrogen (secondary N) is 1. The predicted octanol–water partition coefficient (Wildman–Crippen LogP) is 4.48. The maximum atomic E-state index is 13.3. The van der Waals surface area contributed by atoms with E-state index in [0.29, 0.717) is 26.2 Å². The lowest BCUT2D eigenvalue weighted by Crippen LogP contribution is -2.52. The van der Waals surface area contributed by atoms with Crippen LogP contribution in [0.5, 0.6) is 0 Å². The maximum Gasteiger partial charge on any atom is 0.254 e. The van der Waals surface area contributed by atoms with Crippen molar-refractivity contribution in [3.8, 4) is 11.1 Å². The summed E-state index contributed by atoms with van der Waals surface area (Å²) in [5, 5.41) is 1.19. The van der Waals surface area contributed by atoms with Gasteiger partial charge in [0.25, 0.3) is 5.91 Å². The zero-order valence-corrected chi connectivity index (χ0v) is 18.3. The van der Waals surface area contributed by atoms with Gasteiger partial charge in [0, 0.05) is 48.9 Å². The van der Waals surface area contributed by atoms with Gasteiger partial charge in [-0.05, 0) is 59.5 Å². The third-order valence-electron chi connectivity index (χ3n) is 6.98. The smallest absolute Gasteiger partial charge is 0.254 e. The van der Waals surface area contributed by atoms with Gasteiger partial charge in [0.1, 0.15) is 0 Å². The Labute approximate surface area is 183 Å². The number of nitrogens with zero attached hydrogens (tertiary/aromatic N) is 2. The highest BCUT2D eigenvalue weighted by atomic mass is 16.2. The number of aromatic amines is 1. The molecule has 2 fully saturated rings. The second-order valence-corrected chi connectivity index (χ2v) is 9.15. The summed E-state index contributed by atoms with van der Waals surface area (Å²) in [4.78, 5) is 33.0. The number of hydrogen-bond donors (Lipinski definition) is 1. The zero-order valence-electron chi connectivity index (χ0n) is 18.3. The van der Waals surface area contributed by atoms with Crippen molar-refractivity contribution in [1.29, 1.82) is 0 Å². The van der Waals surface area contributed by atoms with Crippen molar-refractivity contribution in [2.24, 2.45) is 5.41 Å². The molecule has 5 rings (SSSR count). The lowest BCUT2D eigenvalue weighted by atomic mass is 9.96. The van der Waals surface area contributed by atoms with Crippen molar-refractivity contribution >= 4 is 22.7 Å². The van der Waals surface area contributed by atoms with Gasteiger partial charge in [-0.2, -0.15) is 0 Å². The Morgan fingerprint density at radius 2 is 1.61 bits per heavy atom. The lowest BCUT2D eigenvalue weighted by molar-refractivity contribution is -0.137. The van der Waals surface area contributed by atoms with Gasteiger partial charge in [-0.25, -0.2) is 0 Å². The average Bonchev–Trinajstić information content (AvgIpc) is 3.39. The molecule has 2 aromatic carbocycles. The Balaban J connectivity index is 1.33. The van der Waals surface area contributed by atoms with Crippen molar-refractivity contribution in [3.05, 3.63) is 59.8 Å². The average molecular weight is 416 g/mol. The van der Waals surface area contributed by atoms with Crippen LogP contribution in [0.25, 0.3) is 22.0 Å². The molecule has 2 aliphatic rings. The zero-order chi connectivity index (χ0) is 21.6. The van der Waals surface area contributed by atoms with Crippen molar-refractivity contribution in [3.63, 3.8) is 0 Å². The molecule has 1 aliphatic carbocycles. The number of benzene rings is 2. The summed E-state index contributed by atoms with van der Waals surface area (Å²) in [6.07, 6.45) is 4.74. The second kappa shape index (κ2) is 7.56. The van der Waals surface area contributed by atoms with Crippen molar-refractivity contribution in [2.45, 2.75) is 33.1 Å². The second-order valence-electron chi connectivity index (χ2n) is 9.15. The highest BCUT2D eigenvalue weighted by Gasteiger charge is 2.47. The summed E-state index contributed by atoms with van der Waals surface area (Å²) < 4.78 is 0. The van der Waals surface area contributed by atoms with E-state index in [1.54, 1.807) is 0 Å². The van der Waals surface area contributed by atoms with E-state index in [-0.39, 0.29) is 17.2 Å². The Morgan fingerprint density at radius 1 is 0.935 bits per heavy atom. The van der Waals surface area contributed by atoms with E-state index in [9.17, 15) is 9.59 Å². The van der Waals surface area contributed by atoms with Gasteiger partial charge < -0.3 is 14.8 Å². The van der Waals surface area contributed by atoms with Gasteiger partial charge in [-0.1, -0.05) is 38.1 Å². The predicted molar refractivity (Wildman–Crippen MR) is 123 cm³/mol. The third kappa shape index (κ3) is 3.62. The van der Waals surface area contributed by atoms with Crippen LogP contribution in [0.15, 0.2) is 48.7 Å². The van der Waals surface area contributed by atoms with Crippen molar-refractivity contribution in [2.75, 3.05) is 26.2 Å². The summed E-state index contributed by atoms with van der Waals surface area (Å²) in [5.41, 5.74) is 5.09. The van der Waals surface area contributed by atoms with Crippen LogP contribution in [0.3, 0.4) is 0 Å². The maximum absolute atomic E-state index is 13.3. The van der Waals surface area contributed by atoms with Gasteiger partial charge in [0.2, 0.25) is 5.91 Å². The molecule has 0 atom stereocenters. The molecule has 1 saturated heterocycles. The number of fused-ring (bicyclic) bond motifs is 1. The Bertz CT molecular complexity index is 1150. The quantitative estimate of drug-likeness (QED) is 0.683. The van der Waals surface area contributed by atoms with Crippen LogP contribution in [0, 0.1) is 5.41 Å². The monoisotopic (exact) mass is 415 g/mol. The number of carbonyl (C=O) groups excluding carboxylic acids is 2. The fraction of sp³-hybridized carbons (Fsp3) is 0.385. The van der Waals surface area contributed by atoms with E-state index < -0.39 is 0 Å². The number of H-pyrrole nitrogens is 1. The third-order valence-corrected chi connectivity index (χ3v) is 6.98. The van der Waals surface area contributed by atoms with E-state index in [2.05, 4.69) is 49.2 Å². The first-order valence-corrected chi connectivity index (χ1v) is 11.3. The first kappa shape index (κ1) is 19.9. The van der Waals surface area contributed by atoms with Gasteiger partial charge in [-0.3, -0.25) is 9.59 Å². The minimum absolute atomic E-state index is 0.0768. The molecular weight excluding hydrogens is 386 g/mol.